The molecule has 2 atom stereocenters. The van der Waals surface area contributed by atoms with Crippen molar-refractivity contribution in [3.05, 3.63) is 35.6 Å². The average Bonchev–Trinajstić information content (AvgIpc) is 2.54. The molecule has 136 valence electrons. The summed E-state index contributed by atoms with van der Waals surface area (Å²) in [6, 6.07) is 6.68. The summed E-state index contributed by atoms with van der Waals surface area (Å²) in [6.07, 6.45) is 3.84. The van der Waals surface area contributed by atoms with Crippen molar-refractivity contribution >= 4 is 29.9 Å². The monoisotopic (exact) mass is 449 g/mol. The van der Waals surface area contributed by atoms with Crippen LogP contribution in [0, 0.1) is 11.2 Å². The van der Waals surface area contributed by atoms with Gasteiger partial charge in [-0.15, -0.1) is 24.0 Å². The summed E-state index contributed by atoms with van der Waals surface area (Å²) in [4.78, 5) is 4.46. The van der Waals surface area contributed by atoms with Gasteiger partial charge in [-0.3, -0.25) is 0 Å². The number of aliphatic imine (C=N–C) groups is 1. The van der Waals surface area contributed by atoms with Crippen molar-refractivity contribution in [2.45, 2.75) is 52.2 Å². The molecule has 0 heterocycles. The Kier molecular flexibility index (Phi) is 8.97. The van der Waals surface area contributed by atoms with Crippen LogP contribution in [0.1, 0.15) is 45.1 Å². The van der Waals surface area contributed by atoms with Crippen LogP contribution in [0.3, 0.4) is 0 Å². The molecule has 0 radical (unpaired) electrons. The predicted octanol–water partition coefficient (Wildman–Crippen LogP) is 3.44. The highest BCUT2D eigenvalue weighted by Gasteiger charge is 2.35. The van der Waals surface area contributed by atoms with Gasteiger partial charge in [-0.2, -0.15) is 0 Å². The topological polar surface area (TPSA) is 56.7 Å². The minimum Gasteiger partial charge on any atom is -0.392 e. The Balaban J connectivity index is 0.00000288. The third-order valence-electron chi connectivity index (χ3n) is 4.65. The number of nitrogens with one attached hydrogen (secondary N) is 2. The fourth-order valence-corrected chi connectivity index (χ4v) is 3.01. The molecule has 3 N–H and O–H groups in total. The van der Waals surface area contributed by atoms with Crippen LogP contribution in [-0.2, 0) is 6.54 Å². The lowest BCUT2D eigenvalue weighted by Crippen LogP contribution is -2.48. The Morgan fingerprint density at radius 1 is 1.33 bits per heavy atom. The van der Waals surface area contributed by atoms with Gasteiger partial charge in [0.2, 0.25) is 0 Å². The molecule has 4 nitrogen and oxygen atoms in total. The number of nitrogens with zero attached hydrogens (tertiary/aromatic N) is 1. The van der Waals surface area contributed by atoms with E-state index in [1.165, 1.54) is 6.07 Å². The molecule has 0 bridgehead atoms. The van der Waals surface area contributed by atoms with Gasteiger partial charge in [-0.1, -0.05) is 38.0 Å². The SMILES string of the molecule is CCNC(=NCc1ccccc1F)NCC1(C)CCCCC1O.I. The minimum absolute atomic E-state index is 0. The molecule has 1 aliphatic rings. The van der Waals surface area contributed by atoms with Crippen LogP contribution in [0.2, 0.25) is 0 Å². The molecule has 0 aromatic heterocycles. The zero-order chi connectivity index (χ0) is 16.7. The Morgan fingerprint density at radius 3 is 2.75 bits per heavy atom. The Labute approximate surface area is 161 Å². The molecule has 1 aliphatic carbocycles. The summed E-state index contributed by atoms with van der Waals surface area (Å²) in [5, 5.41) is 16.8. The van der Waals surface area contributed by atoms with Crippen molar-refractivity contribution in [2.75, 3.05) is 13.1 Å². The third kappa shape index (κ3) is 5.88. The second-order valence-electron chi connectivity index (χ2n) is 6.56. The van der Waals surface area contributed by atoms with Crippen molar-refractivity contribution < 1.29 is 9.50 Å². The van der Waals surface area contributed by atoms with E-state index in [-0.39, 0.29) is 41.3 Å². The van der Waals surface area contributed by atoms with Gasteiger partial charge in [0.1, 0.15) is 5.82 Å². The van der Waals surface area contributed by atoms with Gasteiger partial charge in [0.05, 0.1) is 12.6 Å². The van der Waals surface area contributed by atoms with Gasteiger partial charge < -0.3 is 15.7 Å². The highest BCUT2D eigenvalue weighted by Crippen LogP contribution is 2.35. The standard InChI is InChI=1S/C18H28FN3O.HI/c1-3-20-17(21-12-14-8-4-5-9-15(14)19)22-13-18(2)11-7-6-10-16(18)23;/h4-5,8-9,16,23H,3,6-7,10-13H2,1-2H3,(H2,20,21,22);1H. The lowest BCUT2D eigenvalue weighted by atomic mass is 9.73. The Morgan fingerprint density at radius 2 is 2.08 bits per heavy atom. The van der Waals surface area contributed by atoms with E-state index in [0.717, 1.165) is 32.2 Å². The average molecular weight is 449 g/mol. The molecular formula is C18H29FIN3O. The zero-order valence-electron chi connectivity index (χ0n) is 14.5. The van der Waals surface area contributed by atoms with Crippen LogP contribution in [0.15, 0.2) is 29.3 Å². The summed E-state index contributed by atoms with van der Waals surface area (Å²) >= 11 is 0. The maximum atomic E-state index is 13.7. The van der Waals surface area contributed by atoms with Crippen molar-refractivity contribution in [1.82, 2.24) is 10.6 Å². The lowest BCUT2D eigenvalue weighted by molar-refractivity contribution is 0.00397. The molecule has 24 heavy (non-hydrogen) atoms. The van der Waals surface area contributed by atoms with Crippen LogP contribution in [0.4, 0.5) is 4.39 Å². The van der Waals surface area contributed by atoms with Crippen molar-refractivity contribution in [1.29, 1.82) is 0 Å². The van der Waals surface area contributed by atoms with Gasteiger partial charge in [0.15, 0.2) is 5.96 Å². The number of halogens is 2. The number of benzene rings is 1. The first kappa shape index (κ1) is 21.2. The van der Waals surface area contributed by atoms with E-state index >= 15 is 0 Å². The van der Waals surface area contributed by atoms with Crippen LogP contribution in [-0.4, -0.2) is 30.3 Å². The van der Waals surface area contributed by atoms with Gasteiger partial charge in [-0.25, -0.2) is 9.38 Å². The normalized spacial score (nSPS) is 24.2. The number of hydrogen-bond donors (Lipinski definition) is 3. The number of hydrogen-bond acceptors (Lipinski definition) is 2. The summed E-state index contributed by atoms with van der Waals surface area (Å²) in [6.45, 7) is 5.81. The second kappa shape index (κ2) is 10.2. The number of guanidine groups is 1. The highest BCUT2D eigenvalue weighted by atomic mass is 127. The summed E-state index contributed by atoms with van der Waals surface area (Å²) in [7, 11) is 0. The smallest absolute Gasteiger partial charge is 0.191 e. The van der Waals surface area contributed by atoms with E-state index in [0.29, 0.717) is 24.6 Å². The first-order valence-corrected chi connectivity index (χ1v) is 8.49. The van der Waals surface area contributed by atoms with E-state index < -0.39 is 0 Å². The van der Waals surface area contributed by atoms with Crippen LogP contribution >= 0.6 is 24.0 Å². The zero-order valence-corrected chi connectivity index (χ0v) is 16.8. The summed E-state index contributed by atoms with van der Waals surface area (Å²) in [5.74, 6) is 0.427. The summed E-state index contributed by atoms with van der Waals surface area (Å²) < 4.78 is 13.7. The quantitative estimate of drug-likeness (QED) is 0.367. The third-order valence-corrected chi connectivity index (χ3v) is 4.65. The molecule has 1 aromatic rings. The van der Waals surface area contributed by atoms with Crippen molar-refractivity contribution in [3.63, 3.8) is 0 Å². The highest BCUT2D eigenvalue weighted by molar-refractivity contribution is 14.0. The second-order valence-corrected chi connectivity index (χ2v) is 6.56. The lowest BCUT2D eigenvalue weighted by Gasteiger charge is -2.38. The van der Waals surface area contributed by atoms with Gasteiger partial charge in [-0.05, 0) is 25.8 Å². The van der Waals surface area contributed by atoms with Crippen LogP contribution < -0.4 is 10.6 Å². The first-order chi connectivity index (χ1) is 11.0. The van der Waals surface area contributed by atoms with E-state index in [1.807, 2.05) is 13.0 Å². The van der Waals surface area contributed by atoms with E-state index in [1.54, 1.807) is 12.1 Å². The van der Waals surface area contributed by atoms with E-state index in [2.05, 4.69) is 22.5 Å². The fourth-order valence-electron chi connectivity index (χ4n) is 3.01. The number of rotatable bonds is 5. The van der Waals surface area contributed by atoms with Crippen molar-refractivity contribution in [3.8, 4) is 0 Å². The molecule has 0 spiro atoms. The van der Waals surface area contributed by atoms with Crippen LogP contribution in [0.25, 0.3) is 0 Å². The molecule has 0 aliphatic heterocycles. The molecule has 0 saturated heterocycles. The maximum absolute atomic E-state index is 13.7. The Bertz CT molecular complexity index is 541. The first-order valence-electron chi connectivity index (χ1n) is 8.49. The minimum atomic E-state index is -0.279. The maximum Gasteiger partial charge on any atom is 0.191 e. The molecule has 2 unspecified atom stereocenters. The molecule has 1 fully saturated rings. The van der Waals surface area contributed by atoms with Gasteiger partial charge in [0, 0.05) is 24.1 Å². The molecule has 1 saturated carbocycles. The molecule has 6 heteroatoms. The van der Waals surface area contributed by atoms with E-state index in [4.69, 9.17) is 0 Å². The number of aliphatic hydroxyl groups is 1. The molecular weight excluding hydrogens is 420 g/mol. The van der Waals surface area contributed by atoms with Crippen LogP contribution in [0.5, 0.6) is 0 Å². The fraction of sp³-hybridized carbons (Fsp3) is 0.611. The summed E-state index contributed by atoms with van der Waals surface area (Å²) in [5.41, 5.74) is 0.445. The van der Waals surface area contributed by atoms with Gasteiger partial charge >= 0.3 is 0 Å². The molecule has 1 aromatic carbocycles. The Hall–Kier alpha value is -0.890. The molecule has 2 rings (SSSR count). The predicted molar refractivity (Wildman–Crippen MR) is 107 cm³/mol. The number of aliphatic hydroxyl groups excluding tert-OH is 1. The molecule has 0 amide bonds. The van der Waals surface area contributed by atoms with E-state index in [9.17, 15) is 9.50 Å². The van der Waals surface area contributed by atoms with Crippen molar-refractivity contribution in [2.24, 2.45) is 10.4 Å². The van der Waals surface area contributed by atoms with Gasteiger partial charge in [0.25, 0.3) is 0 Å². The largest absolute Gasteiger partial charge is 0.392 e.